The van der Waals surface area contributed by atoms with Crippen molar-refractivity contribution in [1.82, 2.24) is 5.32 Å². The van der Waals surface area contributed by atoms with E-state index in [0.29, 0.717) is 22.4 Å². The summed E-state index contributed by atoms with van der Waals surface area (Å²) in [4.78, 5) is 23.5. The molecule has 1 aliphatic heterocycles. The number of carbonyl (C=O) groups excluding carboxylic acids is 1. The largest absolute Gasteiger partial charge is 0.480 e. The Kier molecular flexibility index (Phi) is 8.11. The van der Waals surface area contributed by atoms with Crippen LogP contribution < -0.4 is 10.1 Å². The van der Waals surface area contributed by atoms with Gasteiger partial charge in [-0.05, 0) is 54.8 Å². The minimum atomic E-state index is -1.96. The van der Waals surface area contributed by atoms with Gasteiger partial charge in [0.15, 0.2) is 11.6 Å². The quantitative estimate of drug-likeness (QED) is 0.252. The molecule has 0 spiro atoms. The highest BCUT2D eigenvalue weighted by Gasteiger charge is 2.53. The molecule has 11 nitrogen and oxygen atoms in total. The summed E-state index contributed by atoms with van der Waals surface area (Å²) >= 11 is 0. The van der Waals surface area contributed by atoms with Gasteiger partial charge in [0, 0.05) is 5.56 Å². The monoisotopic (exact) mass is 491 g/mol. The van der Waals surface area contributed by atoms with Gasteiger partial charge in [-0.2, -0.15) is 0 Å². The van der Waals surface area contributed by atoms with Crippen molar-refractivity contribution in [1.29, 1.82) is 0 Å². The van der Waals surface area contributed by atoms with Gasteiger partial charge >= 0.3 is 5.97 Å². The van der Waals surface area contributed by atoms with E-state index < -0.39 is 61.3 Å². The first-order chi connectivity index (χ1) is 16.5. The summed E-state index contributed by atoms with van der Waals surface area (Å²) in [5, 5.41) is 60.7. The van der Waals surface area contributed by atoms with Crippen LogP contribution in [0, 0.1) is 6.92 Å². The SMILES string of the molecule is Cc1cc(-c2cccc(C(=O)N[C@@H](CO)C(=O)O)c2)ccc1O[C@H]1O[C@H](CO)[C@@H](O)[C@H](O)[C@]1(C)O. The number of carboxylic acid groups (broad SMARTS) is 1. The van der Waals surface area contributed by atoms with Crippen molar-refractivity contribution in [2.45, 2.75) is 50.1 Å². The second-order valence-electron chi connectivity index (χ2n) is 8.58. The highest BCUT2D eigenvalue weighted by Crippen LogP contribution is 2.34. The van der Waals surface area contributed by atoms with E-state index in [9.17, 15) is 30.0 Å². The summed E-state index contributed by atoms with van der Waals surface area (Å²) in [5.41, 5.74) is 0.239. The maximum atomic E-state index is 12.4. The first kappa shape index (κ1) is 26.5. The van der Waals surface area contributed by atoms with Crippen LogP contribution in [0.15, 0.2) is 42.5 Å². The molecule has 1 saturated heterocycles. The highest BCUT2D eigenvalue weighted by atomic mass is 16.7. The minimum absolute atomic E-state index is 0.203. The summed E-state index contributed by atoms with van der Waals surface area (Å²) < 4.78 is 11.3. The highest BCUT2D eigenvalue weighted by molar-refractivity contribution is 5.97. The summed E-state index contributed by atoms with van der Waals surface area (Å²) in [6.45, 7) is 1.67. The van der Waals surface area contributed by atoms with E-state index in [1.54, 1.807) is 43.3 Å². The fourth-order valence-corrected chi connectivity index (χ4v) is 3.71. The standard InChI is InChI=1S/C24H29NO10/c1-12-8-14(13-4-3-5-15(9-13)21(30)25-16(10-26)22(31)32)6-7-17(12)34-23-24(2,33)20(29)19(28)18(11-27)35-23/h3-9,16,18-20,23,26-29,33H,10-11H2,1-2H3,(H,25,30)(H,31,32)/t16-,18+,19+,20-,23-,24-/m0/s1. The van der Waals surface area contributed by atoms with Gasteiger partial charge in [-0.1, -0.05) is 18.2 Å². The lowest BCUT2D eigenvalue weighted by Gasteiger charge is -2.45. The molecule has 1 heterocycles. The van der Waals surface area contributed by atoms with Crippen molar-refractivity contribution in [2.75, 3.05) is 13.2 Å². The zero-order valence-electron chi connectivity index (χ0n) is 19.2. The molecule has 1 amide bonds. The van der Waals surface area contributed by atoms with Crippen LogP contribution in [-0.2, 0) is 9.53 Å². The lowest BCUT2D eigenvalue weighted by molar-refractivity contribution is -0.314. The Morgan fingerprint density at radius 3 is 2.43 bits per heavy atom. The zero-order chi connectivity index (χ0) is 25.9. The van der Waals surface area contributed by atoms with Crippen LogP contribution >= 0.6 is 0 Å². The van der Waals surface area contributed by atoms with Crippen LogP contribution in [0.4, 0.5) is 0 Å². The van der Waals surface area contributed by atoms with Gasteiger partial charge in [-0.3, -0.25) is 4.79 Å². The number of nitrogens with one attached hydrogen (secondary N) is 1. The van der Waals surface area contributed by atoms with E-state index in [0.717, 1.165) is 0 Å². The summed E-state index contributed by atoms with van der Waals surface area (Å²) in [6, 6.07) is 10.1. The molecule has 0 aliphatic carbocycles. The third-order valence-electron chi connectivity index (χ3n) is 5.91. The van der Waals surface area contributed by atoms with Crippen molar-refractivity contribution in [3.8, 4) is 16.9 Å². The van der Waals surface area contributed by atoms with Crippen molar-refractivity contribution in [3.63, 3.8) is 0 Å². The van der Waals surface area contributed by atoms with Crippen molar-refractivity contribution >= 4 is 11.9 Å². The zero-order valence-corrected chi connectivity index (χ0v) is 19.2. The molecule has 0 unspecified atom stereocenters. The number of aliphatic hydroxyl groups is 5. The van der Waals surface area contributed by atoms with E-state index in [1.165, 1.54) is 13.0 Å². The van der Waals surface area contributed by atoms with E-state index in [2.05, 4.69) is 5.32 Å². The number of amides is 1. The molecule has 6 atom stereocenters. The number of carbonyl (C=O) groups is 2. The molecule has 35 heavy (non-hydrogen) atoms. The van der Waals surface area contributed by atoms with Crippen LogP contribution in [-0.4, -0.2) is 92.0 Å². The maximum absolute atomic E-state index is 12.4. The molecule has 190 valence electrons. The Morgan fingerprint density at radius 2 is 1.83 bits per heavy atom. The van der Waals surface area contributed by atoms with Crippen LogP contribution in [0.25, 0.3) is 11.1 Å². The molecule has 3 rings (SSSR count). The Balaban J connectivity index is 1.80. The number of hydrogen-bond donors (Lipinski definition) is 7. The number of aliphatic carboxylic acids is 1. The van der Waals surface area contributed by atoms with E-state index in [-0.39, 0.29) is 5.56 Å². The third kappa shape index (κ3) is 5.61. The number of aliphatic hydroxyl groups excluding tert-OH is 4. The van der Waals surface area contributed by atoms with Crippen molar-refractivity contribution in [3.05, 3.63) is 53.6 Å². The summed E-state index contributed by atoms with van der Waals surface area (Å²) in [6.07, 6.45) is -5.62. The number of carboxylic acids is 1. The molecule has 0 saturated carbocycles. The Hall–Kier alpha value is -3.06. The Labute approximate surface area is 201 Å². The molecule has 7 N–H and O–H groups in total. The van der Waals surface area contributed by atoms with Gasteiger partial charge in [0.1, 0.15) is 24.1 Å². The molecular formula is C24H29NO10. The third-order valence-corrected chi connectivity index (χ3v) is 5.91. The smallest absolute Gasteiger partial charge is 0.328 e. The number of benzene rings is 2. The first-order valence-corrected chi connectivity index (χ1v) is 10.9. The van der Waals surface area contributed by atoms with Gasteiger partial charge in [0.05, 0.1) is 13.2 Å². The molecule has 2 aromatic carbocycles. The Bertz CT molecular complexity index is 1070. The van der Waals surface area contributed by atoms with Crippen LogP contribution in [0.3, 0.4) is 0 Å². The van der Waals surface area contributed by atoms with E-state index in [1.807, 2.05) is 0 Å². The minimum Gasteiger partial charge on any atom is -0.480 e. The number of ether oxygens (including phenoxy) is 2. The lowest BCUT2D eigenvalue weighted by Crippen LogP contribution is -2.66. The van der Waals surface area contributed by atoms with Gasteiger partial charge in [-0.25, -0.2) is 4.79 Å². The number of aryl methyl sites for hydroxylation is 1. The fraction of sp³-hybridized carbons (Fsp3) is 0.417. The van der Waals surface area contributed by atoms with Gasteiger partial charge in [-0.15, -0.1) is 0 Å². The average molecular weight is 491 g/mol. The first-order valence-electron chi connectivity index (χ1n) is 10.9. The van der Waals surface area contributed by atoms with E-state index in [4.69, 9.17) is 19.7 Å². The average Bonchev–Trinajstić information content (AvgIpc) is 2.83. The topological polar surface area (TPSA) is 186 Å². The molecule has 0 bridgehead atoms. The normalized spacial score (nSPS) is 27.2. The van der Waals surface area contributed by atoms with Crippen LogP contribution in [0.2, 0.25) is 0 Å². The van der Waals surface area contributed by atoms with Crippen molar-refractivity contribution < 1.29 is 49.7 Å². The van der Waals surface area contributed by atoms with Gasteiger partial charge < -0.3 is 45.4 Å². The molecule has 2 aromatic rings. The fourth-order valence-electron chi connectivity index (χ4n) is 3.71. The molecule has 0 radical (unpaired) electrons. The van der Waals surface area contributed by atoms with Crippen LogP contribution in [0.1, 0.15) is 22.8 Å². The van der Waals surface area contributed by atoms with E-state index >= 15 is 0 Å². The molecule has 0 aromatic heterocycles. The summed E-state index contributed by atoms with van der Waals surface area (Å²) in [7, 11) is 0. The maximum Gasteiger partial charge on any atom is 0.328 e. The predicted molar refractivity (Wildman–Crippen MR) is 122 cm³/mol. The van der Waals surface area contributed by atoms with Gasteiger partial charge in [0.2, 0.25) is 6.29 Å². The summed E-state index contributed by atoms with van der Waals surface area (Å²) in [5.74, 6) is -1.68. The second-order valence-corrected chi connectivity index (χ2v) is 8.58. The van der Waals surface area contributed by atoms with Crippen LogP contribution in [0.5, 0.6) is 5.75 Å². The van der Waals surface area contributed by atoms with Gasteiger partial charge in [0.25, 0.3) is 5.91 Å². The van der Waals surface area contributed by atoms with Crippen molar-refractivity contribution in [2.24, 2.45) is 0 Å². The second kappa shape index (κ2) is 10.7. The lowest BCUT2D eigenvalue weighted by atomic mass is 9.88. The number of rotatable bonds is 8. The molecule has 1 fully saturated rings. The molecule has 1 aliphatic rings. The Morgan fingerprint density at radius 1 is 1.14 bits per heavy atom. The number of hydrogen-bond acceptors (Lipinski definition) is 9. The molecular weight excluding hydrogens is 462 g/mol. The predicted octanol–water partition coefficient (Wildman–Crippen LogP) is -0.594. The molecule has 11 heteroatoms.